The maximum atomic E-state index is 7.17. The van der Waals surface area contributed by atoms with E-state index in [1.54, 1.807) is 0 Å². The lowest BCUT2D eigenvalue weighted by Gasteiger charge is -2.23. The fourth-order valence-electron chi connectivity index (χ4n) is 0.750. The van der Waals surface area contributed by atoms with Crippen molar-refractivity contribution in [1.29, 1.82) is 0 Å². The van der Waals surface area contributed by atoms with Gasteiger partial charge in [0.15, 0.2) is 0 Å². The summed E-state index contributed by atoms with van der Waals surface area (Å²) in [6.07, 6.45) is 3.29. The van der Waals surface area contributed by atoms with Gasteiger partial charge in [0, 0.05) is 5.54 Å². The Hall–Kier alpha value is -0.260. The predicted molar refractivity (Wildman–Crippen MR) is 87.4 cm³/mol. The second-order valence-electron chi connectivity index (χ2n) is 3.81. The third kappa shape index (κ3) is 122. The van der Waals surface area contributed by atoms with Gasteiger partial charge in [-0.2, -0.15) is 0 Å². The third-order valence-corrected chi connectivity index (χ3v) is 2.11. The van der Waals surface area contributed by atoms with Gasteiger partial charge >= 0.3 is 29.3 Å². The smallest absolute Gasteiger partial charge is 0.402 e. The molecule has 0 atom stereocenters. The summed E-state index contributed by atoms with van der Waals surface area (Å²) in [5.74, 6) is 0. The Morgan fingerprint density at radius 3 is 0.583 bits per heavy atom. The lowest BCUT2D eigenvalue weighted by atomic mass is 9.92. The van der Waals surface area contributed by atoms with E-state index in [2.05, 4.69) is 20.8 Å². The maximum Gasteiger partial charge on any atom is 0.631 e. The third-order valence-electron chi connectivity index (χ3n) is 2.11. The molecule has 0 amide bonds. The zero-order chi connectivity index (χ0) is 20.9. The van der Waals surface area contributed by atoms with Crippen molar-refractivity contribution < 1.29 is 60.3 Å². The van der Waals surface area contributed by atoms with Crippen molar-refractivity contribution in [3.05, 3.63) is 0 Å². The molecule has 0 saturated heterocycles. The van der Waals surface area contributed by atoms with Crippen LogP contribution in [0.1, 0.15) is 40.0 Å². The Morgan fingerprint density at radius 2 is 0.583 bits per heavy atom. The molecule has 0 aliphatic heterocycles. The highest BCUT2D eigenvalue weighted by atomic mass is 16.5. The van der Waals surface area contributed by atoms with Crippen molar-refractivity contribution in [3.63, 3.8) is 0 Å². The maximum absolute atomic E-state index is 7.17. The highest BCUT2D eigenvalue weighted by molar-refractivity contribution is 6.31. The summed E-state index contributed by atoms with van der Waals surface area (Å²) in [7, 11) is -8.67. The molecule has 0 aromatic heterocycles. The first-order valence-corrected chi connectivity index (χ1v) is 6.57. The zero-order valence-electron chi connectivity index (χ0n) is 13.9. The predicted octanol–water partition coefficient (Wildman–Crippen LogP) is -6.29. The zero-order valence-corrected chi connectivity index (χ0v) is 13.9. The number of nitrogens with two attached hydrogens (primary N) is 1. The molecule has 0 aromatic carbocycles. The summed E-state index contributed by atoms with van der Waals surface area (Å²) in [6, 6.07) is 0. The van der Waals surface area contributed by atoms with E-state index in [0.717, 1.165) is 19.3 Å². The molecule has 0 aliphatic carbocycles. The minimum Gasteiger partial charge on any atom is -0.402 e. The van der Waals surface area contributed by atoms with Gasteiger partial charge < -0.3 is 66.0 Å². The van der Waals surface area contributed by atoms with E-state index in [0.29, 0.717) is 0 Å². The summed E-state index contributed by atoms with van der Waals surface area (Å²) in [5.41, 5.74) is 6.02. The number of rotatable bonds is 3. The summed E-state index contributed by atoms with van der Waals surface area (Å²) >= 11 is 0. The van der Waals surface area contributed by atoms with Gasteiger partial charge in [-0.1, -0.05) is 20.8 Å². The van der Waals surface area contributed by atoms with Crippen molar-refractivity contribution in [2.75, 3.05) is 0 Å². The van der Waals surface area contributed by atoms with Crippen LogP contribution in [0.4, 0.5) is 0 Å². The Morgan fingerprint density at radius 1 is 0.500 bits per heavy atom. The molecule has 0 fully saturated rings. The summed E-state index contributed by atoms with van der Waals surface area (Å²) in [5, 5.41) is 86.0. The molecule has 0 unspecified atom stereocenters. The average Bonchev–Trinajstić information content (AvgIpc) is 2.35. The van der Waals surface area contributed by atoms with Crippen molar-refractivity contribution >= 4 is 29.3 Å². The van der Waals surface area contributed by atoms with Crippen LogP contribution >= 0.6 is 0 Å². The van der Waals surface area contributed by atoms with Gasteiger partial charge in [-0.3, -0.25) is 0 Å². The highest BCUT2D eigenvalue weighted by Crippen LogP contribution is 2.14. The molecule has 0 spiro atoms. The largest absolute Gasteiger partial charge is 0.631 e. The van der Waals surface area contributed by atoms with Crippen LogP contribution < -0.4 is 5.73 Å². The number of hydrogen-bond acceptors (Lipinski definition) is 13. The van der Waals surface area contributed by atoms with Gasteiger partial charge in [-0.15, -0.1) is 0 Å². The van der Waals surface area contributed by atoms with Gasteiger partial charge in [0.05, 0.1) is 0 Å². The van der Waals surface area contributed by atoms with Crippen LogP contribution in [0.15, 0.2) is 0 Å². The molecule has 146 valence electrons. The van der Waals surface area contributed by atoms with Crippen LogP contribution in [-0.4, -0.2) is 95.1 Å². The Balaban J connectivity index is -0.0000000657. The topological polar surface area (TPSA) is 269 Å². The minimum absolute atomic E-state index is 0.125. The van der Waals surface area contributed by atoms with E-state index < -0.39 is 29.3 Å². The van der Waals surface area contributed by atoms with E-state index in [-0.39, 0.29) is 5.54 Å². The molecule has 0 aliphatic rings. The molecule has 0 aromatic rings. The molecule has 17 heteroatoms. The van der Waals surface area contributed by atoms with E-state index in [9.17, 15) is 0 Å². The van der Waals surface area contributed by atoms with E-state index in [1.165, 1.54) is 0 Å². The molecule has 0 radical (unpaired) electrons. The first-order chi connectivity index (χ1) is 10.6. The van der Waals surface area contributed by atoms with E-state index in [1.807, 2.05) is 0 Å². The summed E-state index contributed by atoms with van der Waals surface area (Å²) in [4.78, 5) is 0. The van der Waals surface area contributed by atoms with Crippen LogP contribution in [0, 0.1) is 0 Å². The standard InChI is InChI=1S/C7H17N.4BH3O3/c1-4-7(8,5-2)6-3;4*2-1(3)4/h4-6,8H2,1-3H3;4*2-4H. The molecular weight excluding hydrogens is 333 g/mol. The van der Waals surface area contributed by atoms with Crippen molar-refractivity contribution in [1.82, 2.24) is 0 Å². The summed E-state index contributed by atoms with van der Waals surface area (Å²) < 4.78 is 0. The van der Waals surface area contributed by atoms with Crippen LogP contribution in [-0.2, 0) is 0 Å². The second kappa shape index (κ2) is 25.0. The molecule has 0 bridgehead atoms. The first-order valence-electron chi connectivity index (χ1n) is 6.57. The van der Waals surface area contributed by atoms with Gasteiger partial charge in [0.25, 0.3) is 0 Å². The lowest BCUT2D eigenvalue weighted by molar-refractivity contribution is 0.276. The molecule has 13 nitrogen and oxygen atoms in total. The quantitative estimate of drug-likeness (QED) is 0.208. The molecular formula is C7H29B4NO12. The van der Waals surface area contributed by atoms with Gasteiger partial charge in [0.2, 0.25) is 0 Å². The molecule has 24 heavy (non-hydrogen) atoms. The van der Waals surface area contributed by atoms with Crippen LogP contribution in [0.3, 0.4) is 0 Å². The van der Waals surface area contributed by atoms with E-state index in [4.69, 9.17) is 66.0 Å². The Kier molecular flexibility index (Phi) is 36.4. The summed E-state index contributed by atoms with van der Waals surface area (Å²) in [6.45, 7) is 6.44. The normalized spacial score (nSPS) is 8.50. The van der Waals surface area contributed by atoms with Gasteiger partial charge in [-0.25, -0.2) is 0 Å². The fraction of sp³-hybridized carbons (Fsp3) is 1.00. The molecule has 0 saturated carbocycles. The average molecular weight is 363 g/mol. The first kappa shape index (κ1) is 35.0. The Labute approximate surface area is 142 Å². The van der Waals surface area contributed by atoms with Crippen molar-refractivity contribution in [2.24, 2.45) is 5.73 Å². The fourth-order valence-corrected chi connectivity index (χ4v) is 0.750. The minimum atomic E-state index is -2.17. The van der Waals surface area contributed by atoms with Gasteiger partial charge in [0.1, 0.15) is 0 Å². The van der Waals surface area contributed by atoms with Crippen molar-refractivity contribution in [2.45, 2.75) is 45.6 Å². The number of hydrogen-bond donors (Lipinski definition) is 13. The lowest BCUT2D eigenvalue weighted by Crippen LogP contribution is -2.37. The Bertz CT molecular complexity index is 167. The van der Waals surface area contributed by atoms with Crippen LogP contribution in [0.25, 0.3) is 0 Å². The SMILES string of the molecule is CCC(N)(CC)CC.OB(O)O.OB(O)O.OB(O)O.OB(O)O. The van der Waals surface area contributed by atoms with E-state index >= 15 is 0 Å². The van der Waals surface area contributed by atoms with Crippen LogP contribution in [0.5, 0.6) is 0 Å². The molecule has 14 N–H and O–H groups in total. The van der Waals surface area contributed by atoms with Crippen LogP contribution in [0.2, 0.25) is 0 Å². The van der Waals surface area contributed by atoms with Gasteiger partial charge in [-0.05, 0) is 19.3 Å². The molecule has 0 heterocycles. The second-order valence-corrected chi connectivity index (χ2v) is 3.81. The van der Waals surface area contributed by atoms with Crippen molar-refractivity contribution in [3.8, 4) is 0 Å². The highest BCUT2D eigenvalue weighted by Gasteiger charge is 2.15. The monoisotopic (exact) mass is 363 g/mol. The molecule has 0 rings (SSSR count).